The zero-order valence-electron chi connectivity index (χ0n) is 14.1. The van der Waals surface area contributed by atoms with Crippen molar-refractivity contribution in [2.75, 3.05) is 12.4 Å². The average molecular weight is 317 g/mol. The van der Waals surface area contributed by atoms with Gasteiger partial charge in [0.1, 0.15) is 11.4 Å². The van der Waals surface area contributed by atoms with Gasteiger partial charge in [-0.3, -0.25) is 0 Å². The molecule has 1 fully saturated rings. The van der Waals surface area contributed by atoms with E-state index in [4.69, 9.17) is 9.26 Å². The topological polar surface area (TPSA) is 60.1 Å². The summed E-state index contributed by atoms with van der Waals surface area (Å²) >= 11 is 0. The number of rotatable bonds is 6. The number of hydrogen-bond acceptors (Lipinski definition) is 4. The molecule has 1 aliphatic rings. The van der Waals surface area contributed by atoms with Gasteiger partial charge in [-0.25, -0.2) is 0 Å². The van der Waals surface area contributed by atoms with Gasteiger partial charge in [0.05, 0.1) is 6.10 Å². The summed E-state index contributed by atoms with van der Waals surface area (Å²) in [5, 5.41) is 7.36. The maximum Gasteiger partial charge on any atom is 0.297 e. The van der Waals surface area contributed by atoms with Crippen molar-refractivity contribution in [2.45, 2.75) is 52.2 Å². The first-order chi connectivity index (χ1) is 11.2. The fourth-order valence-corrected chi connectivity index (χ4v) is 3.06. The van der Waals surface area contributed by atoms with Crippen molar-refractivity contribution in [3.63, 3.8) is 0 Å². The Bertz CT molecular complexity index is 641. The fourth-order valence-electron chi connectivity index (χ4n) is 3.06. The monoisotopic (exact) mass is 317 g/mol. The third-order valence-corrected chi connectivity index (χ3v) is 4.36. The fraction of sp³-hybridized carbons (Fsp3) is 0.500. The van der Waals surface area contributed by atoms with Crippen LogP contribution >= 0.6 is 0 Å². The second kappa shape index (κ2) is 6.94. The second-order valence-corrected chi connectivity index (χ2v) is 6.10. The highest BCUT2D eigenvalue weighted by Gasteiger charge is 2.20. The smallest absolute Gasteiger partial charge is 0.297 e. The minimum Gasteiger partial charge on any atom is -0.582 e. The molecule has 0 atom stereocenters. The molecule has 0 saturated heterocycles. The molecule has 1 heterocycles. The molecule has 0 amide bonds. The number of aromatic hydroxyl groups is 1. The second-order valence-electron chi connectivity index (χ2n) is 6.10. The first-order valence-corrected chi connectivity index (χ1v) is 8.23. The first-order valence-electron chi connectivity index (χ1n) is 8.23. The Hall–Kier alpha value is -2.17. The van der Waals surface area contributed by atoms with Crippen LogP contribution in [-0.4, -0.2) is 23.1 Å². The third kappa shape index (κ3) is 3.60. The molecule has 0 aliphatic heterocycles. The molecule has 3 rings (SSSR count). The van der Waals surface area contributed by atoms with Crippen LogP contribution in [0.5, 0.6) is 11.5 Å². The van der Waals surface area contributed by atoms with E-state index in [2.05, 4.69) is 27.3 Å². The number of anilines is 1. The predicted octanol–water partition coefficient (Wildman–Crippen LogP) is 4.10. The van der Waals surface area contributed by atoms with Crippen LogP contribution in [0, 0.1) is 13.8 Å². The average Bonchev–Trinajstić information content (AvgIpc) is 3.16. The molecule has 0 spiro atoms. The number of nitrogens with one attached hydrogen (secondary N) is 1. The van der Waals surface area contributed by atoms with Gasteiger partial charge in [0.25, 0.3) is 5.75 Å². The van der Waals surface area contributed by atoms with Crippen LogP contribution < -0.4 is 10.1 Å². The molecule has 1 aromatic heterocycles. The van der Waals surface area contributed by atoms with Crippen molar-refractivity contribution in [2.24, 2.45) is 0 Å². The quantitative estimate of drug-likeness (QED) is 0.815. The SMILES string of the molecule is C[OH+]c1ccc(CNc2c(C)noc2C)cc1OC1CCCC1. The number of aromatic nitrogens is 1. The molecule has 1 aromatic carbocycles. The van der Waals surface area contributed by atoms with Crippen LogP contribution in [0.3, 0.4) is 0 Å². The first kappa shape index (κ1) is 15.7. The minimum atomic E-state index is 0.335. The number of benzene rings is 1. The van der Waals surface area contributed by atoms with Gasteiger partial charge in [-0.15, -0.1) is 0 Å². The maximum atomic E-state index is 6.17. The molecule has 0 radical (unpaired) electrons. The van der Waals surface area contributed by atoms with Gasteiger partial charge in [-0.05, 0) is 57.2 Å². The van der Waals surface area contributed by atoms with Gasteiger partial charge in [0.2, 0.25) is 5.75 Å². The standard InChI is InChI=1S/C18H24N2O3/c1-12-18(13(2)23-20-12)19-11-14-8-9-16(21-3)17(10-14)22-15-6-4-5-7-15/h8-10,15,19H,4-7,11H2,1-3H3/p+1. The van der Waals surface area contributed by atoms with E-state index in [1.165, 1.54) is 12.8 Å². The van der Waals surface area contributed by atoms with Crippen molar-refractivity contribution in [3.05, 3.63) is 35.2 Å². The zero-order chi connectivity index (χ0) is 16.2. The van der Waals surface area contributed by atoms with Crippen LogP contribution in [0.4, 0.5) is 5.69 Å². The minimum absolute atomic E-state index is 0.335. The van der Waals surface area contributed by atoms with Crippen LogP contribution in [0.2, 0.25) is 0 Å². The van der Waals surface area contributed by atoms with Crippen molar-refractivity contribution in [1.29, 1.82) is 0 Å². The highest BCUT2D eigenvalue weighted by atomic mass is 16.5. The Morgan fingerprint density at radius 3 is 2.74 bits per heavy atom. The lowest BCUT2D eigenvalue weighted by molar-refractivity contribution is 0.115. The van der Waals surface area contributed by atoms with E-state index >= 15 is 0 Å². The summed E-state index contributed by atoms with van der Waals surface area (Å²) in [5.74, 6) is 2.61. The molecule has 1 aliphatic carbocycles. The largest absolute Gasteiger partial charge is 0.582 e. The Labute approximate surface area is 137 Å². The summed E-state index contributed by atoms with van der Waals surface area (Å²) in [6.45, 7) is 4.55. The molecular formula is C18H25N2O3+. The lowest BCUT2D eigenvalue weighted by Gasteiger charge is -2.15. The van der Waals surface area contributed by atoms with Gasteiger partial charge in [0, 0.05) is 12.6 Å². The van der Waals surface area contributed by atoms with Crippen molar-refractivity contribution in [3.8, 4) is 11.5 Å². The van der Waals surface area contributed by atoms with Gasteiger partial charge in [-0.1, -0.05) is 5.16 Å². The van der Waals surface area contributed by atoms with Gasteiger partial charge < -0.3 is 19.3 Å². The lowest BCUT2D eigenvalue weighted by Crippen LogP contribution is -2.12. The molecule has 124 valence electrons. The lowest BCUT2D eigenvalue weighted by atomic mass is 10.2. The van der Waals surface area contributed by atoms with E-state index in [1.54, 1.807) is 7.11 Å². The Kier molecular flexibility index (Phi) is 4.74. The molecule has 2 aromatic rings. The number of hydrogen-bond donors (Lipinski definition) is 1. The highest BCUT2D eigenvalue weighted by molar-refractivity contribution is 5.51. The van der Waals surface area contributed by atoms with E-state index in [0.717, 1.165) is 47.0 Å². The zero-order valence-corrected chi connectivity index (χ0v) is 14.1. The summed E-state index contributed by atoms with van der Waals surface area (Å²) in [6.07, 6.45) is 5.14. The molecule has 5 heteroatoms. The maximum absolute atomic E-state index is 6.17. The molecular weight excluding hydrogens is 292 g/mol. The van der Waals surface area contributed by atoms with Crippen molar-refractivity contribution < 1.29 is 14.0 Å². The summed E-state index contributed by atoms with van der Waals surface area (Å²) in [6, 6.07) is 6.19. The molecule has 0 bridgehead atoms. The van der Waals surface area contributed by atoms with E-state index in [9.17, 15) is 0 Å². The Morgan fingerprint density at radius 2 is 2.09 bits per heavy atom. The molecule has 5 nitrogen and oxygen atoms in total. The third-order valence-electron chi connectivity index (χ3n) is 4.36. The highest BCUT2D eigenvalue weighted by Crippen LogP contribution is 2.33. The van der Waals surface area contributed by atoms with E-state index in [1.807, 2.05) is 19.9 Å². The normalized spacial score (nSPS) is 14.9. The number of nitrogens with zero attached hydrogens (tertiary/aromatic N) is 1. The summed E-state index contributed by atoms with van der Waals surface area (Å²) in [5.41, 5.74) is 3.00. The van der Waals surface area contributed by atoms with Crippen LogP contribution in [0.25, 0.3) is 0 Å². The molecule has 2 N–H and O–H groups in total. The number of ether oxygens (including phenoxy) is 2. The van der Waals surface area contributed by atoms with E-state index < -0.39 is 0 Å². The van der Waals surface area contributed by atoms with E-state index in [0.29, 0.717) is 12.6 Å². The Balaban J connectivity index is 1.72. The van der Waals surface area contributed by atoms with Crippen LogP contribution in [-0.2, 0) is 6.54 Å². The molecule has 0 unspecified atom stereocenters. The van der Waals surface area contributed by atoms with Gasteiger partial charge in [0.15, 0.2) is 12.9 Å². The van der Waals surface area contributed by atoms with E-state index in [-0.39, 0.29) is 0 Å². The molecule has 23 heavy (non-hydrogen) atoms. The van der Waals surface area contributed by atoms with Crippen LogP contribution in [0.1, 0.15) is 42.7 Å². The van der Waals surface area contributed by atoms with Gasteiger partial charge in [-0.2, -0.15) is 0 Å². The van der Waals surface area contributed by atoms with Crippen molar-refractivity contribution >= 4 is 5.69 Å². The summed E-state index contributed by atoms with van der Waals surface area (Å²) < 4.78 is 15.7. The number of aryl methyl sites for hydroxylation is 2. The summed E-state index contributed by atoms with van der Waals surface area (Å²) in [7, 11) is 1.80. The summed E-state index contributed by atoms with van der Waals surface area (Å²) in [4.78, 5) is 0. The van der Waals surface area contributed by atoms with Gasteiger partial charge >= 0.3 is 0 Å². The predicted molar refractivity (Wildman–Crippen MR) is 90.2 cm³/mol. The van der Waals surface area contributed by atoms with Crippen molar-refractivity contribution in [1.82, 2.24) is 5.16 Å². The number of aliphatic hydroxyl groups is 1. The van der Waals surface area contributed by atoms with Crippen LogP contribution in [0.15, 0.2) is 22.7 Å². The molecule has 1 saturated carbocycles. The Morgan fingerprint density at radius 1 is 1.30 bits per heavy atom.